The van der Waals surface area contributed by atoms with Crippen LogP contribution in [0.4, 0.5) is 11.5 Å². The molecule has 0 saturated heterocycles. The van der Waals surface area contributed by atoms with Crippen LogP contribution in [0.5, 0.6) is 0 Å². The van der Waals surface area contributed by atoms with E-state index in [4.69, 9.17) is 11.6 Å². The highest BCUT2D eigenvalue weighted by Crippen LogP contribution is 2.29. The second kappa shape index (κ2) is 4.79. The Labute approximate surface area is 122 Å². The Morgan fingerprint density at radius 2 is 2.21 bits per heavy atom. The third kappa shape index (κ3) is 2.29. The molecule has 1 N–H and O–H groups in total. The number of hydrogen-bond donors (Lipinski definition) is 1. The number of nitrogens with zero attached hydrogens (tertiary/aromatic N) is 4. The van der Waals surface area contributed by atoms with Crippen molar-refractivity contribution in [1.29, 1.82) is 0 Å². The van der Waals surface area contributed by atoms with Crippen LogP contribution >= 0.6 is 27.5 Å². The summed E-state index contributed by atoms with van der Waals surface area (Å²) < 4.78 is 2.59. The number of aryl methyl sites for hydroxylation is 1. The van der Waals surface area contributed by atoms with Crippen molar-refractivity contribution in [3.8, 4) is 0 Å². The predicted octanol–water partition coefficient (Wildman–Crippen LogP) is 3.59. The van der Waals surface area contributed by atoms with Crippen molar-refractivity contribution in [3.63, 3.8) is 0 Å². The second-order valence-corrected chi connectivity index (χ2v) is 5.18. The molecular formula is C12H9BrClN5. The highest BCUT2D eigenvalue weighted by Gasteiger charge is 2.09. The van der Waals surface area contributed by atoms with Gasteiger partial charge in [0, 0.05) is 10.5 Å². The summed E-state index contributed by atoms with van der Waals surface area (Å²) >= 11 is 9.53. The van der Waals surface area contributed by atoms with Crippen LogP contribution in [-0.2, 0) is 0 Å². The standard InChI is InChI=1S/C12H9BrClN5/c1-7-3-2-4-8(11(7)13)17-10-5-9(14)18-12-15-6-16-19(10)12/h2-6,17H,1H3. The zero-order valence-electron chi connectivity index (χ0n) is 9.93. The van der Waals surface area contributed by atoms with Crippen molar-refractivity contribution < 1.29 is 0 Å². The fourth-order valence-corrected chi connectivity index (χ4v) is 2.30. The summed E-state index contributed by atoms with van der Waals surface area (Å²) in [6, 6.07) is 7.68. The number of nitrogens with one attached hydrogen (secondary N) is 1. The van der Waals surface area contributed by atoms with Gasteiger partial charge in [0.05, 0.1) is 5.69 Å². The maximum Gasteiger partial charge on any atom is 0.255 e. The van der Waals surface area contributed by atoms with Gasteiger partial charge in [-0.3, -0.25) is 0 Å². The molecule has 7 heteroatoms. The zero-order valence-corrected chi connectivity index (χ0v) is 12.3. The van der Waals surface area contributed by atoms with E-state index in [2.05, 4.69) is 36.3 Å². The molecule has 0 radical (unpaired) electrons. The van der Waals surface area contributed by atoms with Gasteiger partial charge in [0.1, 0.15) is 17.3 Å². The van der Waals surface area contributed by atoms with Crippen LogP contribution in [0.2, 0.25) is 5.15 Å². The molecule has 2 aromatic heterocycles. The maximum atomic E-state index is 5.97. The molecule has 0 aliphatic carbocycles. The van der Waals surface area contributed by atoms with E-state index >= 15 is 0 Å². The third-order valence-corrected chi connectivity index (χ3v) is 3.92. The lowest BCUT2D eigenvalue weighted by molar-refractivity contribution is 0.947. The average Bonchev–Trinajstić information content (AvgIpc) is 2.83. The van der Waals surface area contributed by atoms with E-state index in [9.17, 15) is 0 Å². The van der Waals surface area contributed by atoms with E-state index < -0.39 is 0 Å². The first-order valence-corrected chi connectivity index (χ1v) is 6.70. The molecule has 0 amide bonds. The van der Waals surface area contributed by atoms with Gasteiger partial charge in [-0.05, 0) is 34.5 Å². The highest BCUT2D eigenvalue weighted by atomic mass is 79.9. The summed E-state index contributed by atoms with van der Waals surface area (Å²) in [7, 11) is 0. The predicted molar refractivity (Wildman–Crippen MR) is 78.0 cm³/mol. The topological polar surface area (TPSA) is 55.1 Å². The van der Waals surface area contributed by atoms with E-state index in [1.54, 1.807) is 10.6 Å². The Kier molecular flexibility index (Phi) is 3.12. The monoisotopic (exact) mass is 337 g/mol. The summed E-state index contributed by atoms with van der Waals surface area (Å²) in [4.78, 5) is 8.11. The molecule has 3 rings (SSSR count). The molecule has 2 heterocycles. The van der Waals surface area contributed by atoms with Crippen molar-refractivity contribution >= 4 is 44.8 Å². The van der Waals surface area contributed by atoms with Gasteiger partial charge in [0.2, 0.25) is 0 Å². The average molecular weight is 339 g/mol. The van der Waals surface area contributed by atoms with Gasteiger partial charge in [0.25, 0.3) is 5.78 Å². The molecule has 0 saturated carbocycles. The zero-order chi connectivity index (χ0) is 13.4. The number of aromatic nitrogens is 4. The highest BCUT2D eigenvalue weighted by molar-refractivity contribution is 9.10. The Balaban J connectivity index is 2.10. The van der Waals surface area contributed by atoms with E-state index in [-0.39, 0.29) is 0 Å². The van der Waals surface area contributed by atoms with Crippen LogP contribution in [0.25, 0.3) is 5.78 Å². The molecule has 0 bridgehead atoms. The van der Waals surface area contributed by atoms with E-state index in [0.29, 0.717) is 16.7 Å². The first kappa shape index (κ1) is 12.4. The minimum absolute atomic E-state index is 0.367. The summed E-state index contributed by atoms with van der Waals surface area (Å²) in [5, 5.41) is 7.75. The molecule has 0 unspecified atom stereocenters. The molecule has 1 aromatic carbocycles. The second-order valence-electron chi connectivity index (χ2n) is 4.00. The summed E-state index contributed by atoms with van der Waals surface area (Å²) in [5.74, 6) is 1.16. The minimum Gasteiger partial charge on any atom is -0.339 e. The van der Waals surface area contributed by atoms with Gasteiger partial charge in [-0.2, -0.15) is 19.6 Å². The Morgan fingerprint density at radius 1 is 1.37 bits per heavy atom. The SMILES string of the molecule is Cc1cccc(Nc2cc(Cl)nc3ncnn23)c1Br. The minimum atomic E-state index is 0.367. The van der Waals surface area contributed by atoms with Gasteiger partial charge in [-0.1, -0.05) is 23.7 Å². The van der Waals surface area contributed by atoms with Crippen molar-refractivity contribution in [2.75, 3.05) is 5.32 Å². The number of anilines is 2. The van der Waals surface area contributed by atoms with Crippen molar-refractivity contribution in [2.24, 2.45) is 0 Å². The van der Waals surface area contributed by atoms with Crippen molar-refractivity contribution in [1.82, 2.24) is 19.6 Å². The van der Waals surface area contributed by atoms with Crippen LogP contribution in [0.1, 0.15) is 5.56 Å². The molecule has 0 aliphatic heterocycles. The number of rotatable bonds is 2. The van der Waals surface area contributed by atoms with Crippen LogP contribution in [-0.4, -0.2) is 19.6 Å². The Bertz CT molecular complexity index is 755. The molecule has 96 valence electrons. The van der Waals surface area contributed by atoms with Gasteiger partial charge in [0.15, 0.2) is 0 Å². The van der Waals surface area contributed by atoms with E-state index in [0.717, 1.165) is 15.7 Å². The summed E-state index contributed by atoms with van der Waals surface area (Å²) in [6.45, 7) is 2.03. The van der Waals surface area contributed by atoms with Crippen molar-refractivity contribution in [2.45, 2.75) is 6.92 Å². The fourth-order valence-electron chi connectivity index (χ4n) is 1.75. The lowest BCUT2D eigenvalue weighted by Gasteiger charge is -2.11. The summed E-state index contributed by atoms with van der Waals surface area (Å²) in [5.41, 5.74) is 2.07. The van der Waals surface area contributed by atoms with E-state index in [1.165, 1.54) is 6.33 Å². The first-order valence-electron chi connectivity index (χ1n) is 5.53. The smallest absolute Gasteiger partial charge is 0.255 e. The lowest BCUT2D eigenvalue weighted by atomic mass is 10.2. The number of benzene rings is 1. The normalized spacial score (nSPS) is 10.9. The van der Waals surface area contributed by atoms with Gasteiger partial charge in [-0.25, -0.2) is 0 Å². The van der Waals surface area contributed by atoms with Crippen LogP contribution in [0.15, 0.2) is 35.1 Å². The third-order valence-electron chi connectivity index (χ3n) is 2.68. The number of halogens is 2. The van der Waals surface area contributed by atoms with E-state index in [1.807, 2.05) is 25.1 Å². The lowest BCUT2D eigenvalue weighted by Crippen LogP contribution is -2.02. The number of fused-ring (bicyclic) bond motifs is 1. The molecule has 19 heavy (non-hydrogen) atoms. The van der Waals surface area contributed by atoms with Crippen molar-refractivity contribution in [3.05, 3.63) is 45.8 Å². The first-order chi connectivity index (χ1) is 9.15. The fraction of sp³-hybridized carbons (Fsp3) is 0.0833. The summed E-state index contributed by atoms with van der Waals surface area (Å²) in [6.07, 6.45) is 1.44. The molecular weight excluding hydrogens is 330 g/mol. The molecule has 5 nitrogen and oxygen atoms in total. The van der Waals surface area contributed by atoms with Crippen LogP contribution in [0.3, 0.4) is 0 Å². The molecule has 0 spiro atoms. The Morgan fingerprint density at radius 3 is 3.05 bits per heavy atom. The molecule has 0 atom stereocenters. The van der Waals surface area contributed by atoms with Crippen LogP contribution < -0.4 is 5.32 Å². The van der Waals surface area contributed by atoms with Gasteiger partial charge < -0.3 is 5.32 Å². The largest absolute Gasteiger partial charge is 0.339 e. The number of hydrogen-bond acceptors (Lipinski definition) is 4. The maximum absolute atomic E-state index is 5.97. The quantitative estimate of drug-likeness (QED) is 0.726. The van der Waals surface area contributed by atoms with Crippen LogP contribution in [0, 0.1) is 6.92 Å². The van der Waals surface area contributed by atoms with Gasteiger partial charge >= 0.3 is 0 Å². The molecule has 0 fully saturated rings. The Hall–Kier alpha value is -1.66. The van der Waals surface area contributed by atoms with Gasteiger partial charge in [-0.15, -0.1) is 0 Å². The molecule has 0 aliphatic rings. The molecule has 3 aromatic rings.